The standard InChI is InChI=1S/C15H21N3O/c1-9-6-11(8-16-10-2-3-10)18-15(17-9)13-7-12-4-5-14(13)19-12/h6,10,12-14,16H,2-5,7-8H2,1H3. The summed E-state index contributed by atoms with van der Waals surface area (Å²) < 4.78 is 5.93. The van der Waals surface area contributed by atoms with Gasteiger partial charge in [0, 0.05) is 24.2 Å². The number of aromatic nitrogens is 2. The first-order valence-corrected chi connectivity index (χ1v) is 7.51. The molecule has 4 nitrogen and oxygen atoms in total. The molecule has 4 rings (SSSR count). The lowest BCUT2D eigenvalue weighted by Crippen LogP contribution is -2.21. The van der Waals surface area contributed by atoms with E-state index in [1.54, 1.807) is 0 Å². The first-order chi connectivity index (χ1) is 9.28. The monoisotopic (exact) mass is 259 g/mol. The lowest BCUT2D eigenvalue weighted by Gasteiger charge is -2.18. The van der Waals surface area contributed by atoms with E-state index in [2.05, 4.69) is 23.3 Å². The topological polar surface area (TPSA) is 47.0 Å². The van der Waals surface area contributed by atoms with Crippen LogP contribution in [0.25, 0.3) is 0 Å². The summed E-state index contributed by atoms with van der Waals surface area (Å²) in [6.07, 6.45) is 6.99. The van der Waals surface area contributed by atoms with E-state index in [9.17, 15) is 0 Å². The molecule has 1 N–H and O–H groups in total. The van der Waals surface area contributed by atoms with Crippen LogP contribution in [0.2, 0.25) is 0 Å². The number of nitrogens with zero attached hydrogens (tertiary/aromatic N) is 2. The molecule has 102 valence electrons. The quantitative estimate of drug-likeness (QED) is 0.899. The summed E-state index contributed by atoms with van der Waals surface area (Å²) in [4.78, 5) is 9.44. The van der Waals surface area contributed by atoms with Crippen LogP contribution < -0.4 is 5.32 Å². The zero-order valence-electron chi connectivity index (χ0n) is 11.4. The molecule has 1 aromatic heterocycles. The van der Waals surface area contributed by atoms with E-state index in [-0.39, 0.29) is 0 Å². The Kier molecular flexibility index (Phi) is 2.81. The predicted octanol–water partition coefficient (Wildman–Crippen LogP) is 2.07. The summed E-state index contributed by atoms with van der Waals surface area (Å²) in [6, 6.07) is 2.83. The van der Waals surface area contributed by atoms with E-state index in [4.69, 9.17) is 9.72 Å². The third-order valence-electron chi connectivity index (χ3n) is 4.51. The largest absolute Gasteiger partial charge is 0.374 e. The second-order valence-corrected chi connectivity index (χ2v) is 6.23. The average Bonchev–Trinajstić information content (AvgIpc) is 2.99. The normalized spacial score (nSPS) is 33.0. The second kappa shape index (κ2) is 4.53. The highest BCUT2D eigenvalue weighted by Gasteiger charge is 2.43. The van der Waals surface area contributed by atoms with Gasteiger partial charge in [0.25, 0.3) is 0 Å². The molecule has 1 aromatic rings. The maximum atomic E-state index is 5.93. The second-order valence-electron chi connectivity index (χ2n) is 6.23. The fourth-order valence-electron chi connectivity index (χ4n) is 3.36. The van der Waals surface area contributed by atoms with Gasteiger partial charge in [0.05, 0.1) is 17.9 Å². The summed E-state index contributed by atoms with van der Waals surface area (Å²) in [6.45, 7) is 2.95. The van der Waals surface area contributed by atoms with Crippen molar-refractivity contribution in [3.05, 3.63) is 23.3 Å². The van der Waals surface area contributed by atoms with E-state index < -0.39 is 0 Å². The first-order valence-electron chi connectivity index (χ1n) is 7.51. The van der Waals surface area contributed by atoms with Crippen molar-refractivity contribution >= 4 is 0 Å². The molecule has 0 radical (unpaired) electrons. The van der Waals surface area contributed by atoms with Crippen LogP contribution in [0.15, 0.2) is 6.07 Å². The van der Waals surface area contributed by atoms with Gasteiger partial charge < -0.3 is 10.1 Å². The Morgan fingerprint density at radius 3 is 2.84 bits per heavy atom. The maximum Gasteiger partial charge on any atom is 0.134 e. The molecule has 4 heteroatoms. The molecule has 0 amide bonds. The molecule has 1 saturated carbocycles. The van der Waals surface area contributed by atoms with Crippen molar-refractivity contribution in [1.82, 2.24) is 15.3 Å². The molecule has 3 unspecified atom stereocenters. The van der Waals surface area contributed by atoms with E-state index in [1.807, 2.05) is 0 Å². The van der Waals surface area contributed by atoms with Gasteiger partial charge in [-0.15, -0.1) is 0 Å². The Balaban J connectivity index is 1.53. The predicted molar refractivity (Wildman–Crippen MR) is 71.9 cm³/mol. The van der Waals surface area contributed by atoms with Crippen molar-refractivity contribution in [1.29, 1.82) is 0 Å². The van der Waals surface area contributed by atoms with Crippen LogP contribution >= 0.6 is 0 Å². The van der Waals surface area contributed by atoms with Gasteiger partial charge in [0.2, 0.25) is 0 Å². The lowest BCUT2D eigenvalue weighted by molar-refractivity contribution is 0.0998. The smallest absolute Gasteiger partial charge is 0.134 e. The number of aryl methyl sites for hydroxylation is 1. The van der Waals surface area contributed by atoms with Gasteiger partial charge in [-0.3, -0.25) is 0 Å². The number of nitrogens with one attached hydrogen (secondary N) is 1. The van der Waals surface area contributed by atoms with Crippen molar-refractivity contribution in [2.75, 3.05) is 0 Å². The van der Waals surface area contributed by atoms with E-state index in [0.717, 1.165) is 36.2 Å². The van der Waals surface area contributed by atoms with Crippen LogP contribution in [0.1, 0.15) is 55.2 Å². The van der Waals surface area contributed by atoms with Crippen LogP contribution in [-0.2, 0) is 11.3 Å². The van der Waals surface area contributed by atoms with Gasteiger partial charge in [0.1, 0.15) is 5.82 Å². The van der Waals surface area contributed by atoms with Gasteiger partial charge in [-0.05, 0) is 45.1 Å². The lowest BCUT2D eigenvalue weighted by atomic mass is 9.88. The zero-order valence-corrected chi connectivity index (χ0v) is 11.4. The number of ether oxygens (including phenoxy) is 1. The Morgan fingerprint density at radius 2 is 2.16 bits per heavy atom. The third kappa shape index (κ3) is 2.39. The maximum absolute atomic E-state index is 5.93. The van der Waals surface area contributed by atoms with Crippen LogP contribution in [0.3, 0.4) is 0 Å². The van der Waals surface area contributed by atoms with Crippen molar-refractivity contribution in [3.8, 4) is 0 Å². The van der Waals surface area contributed by atoms with Crippen molar-refractivity contribution in [2.45, 2.75) is 69.7 Å². The summed E-state index contributed by atoms with van der Waals surface area (Å²) in [5, 5.41) is 3.53. The van der Waals surface area contributed by atoms with Gasteiger partial charge in [-0.1, -0.05) is 0 Å². The highest BCUT2D eigenvalue weighted by Crippen LogP contribution is 2.43. The summed E-state index contributed by atoms with van der Waals surface area (Å²) >= 11 is 0. The first kappa shape index (κ1) is 11.8. The van der Waals surface area contributed by atoms with E-state index >= 15 is 0 Å². The number of rotatable bonds is 4. The van der Waals surface area contributed by atoms with Crippen LogP contribution in [0.5, 0.6) is 0 Å². The molecule has 19 heavy (non-hydrogen) atoms. The molecular formula is C15H21N3O. The zero-order chi connectivity index (χ0) is 12.8. The highest BCUT2D eigenvalue weighted by atomic mass is 16.5. The summed E-state index contributed by atoms with van der Waals surface area (Å²) in [5.74, 6) is 1.44. The van der Waals surface area contributed by atoms with Crippen LogP contribution in [0.4, 0.5) is 0 Å². The summed E-state index contributed by atoms with van der Waals surface area (Å²) in [5.41, 5.74) is 2.22. The average molecular weight is 259 g/mol. The molecule has 3 heterocycles. The van der Waals surface area contributed by atoms with Crippen molar-refractivity contribution < 1.29 is 4.74 Å². The van der Waals surface area contributed by atoms with Gasteiger partial charge in [-0.2, -0.15) is 0 Å². The molecule has 2 saturated heterocycles. The Hall–Kier alpha value is -1.00. The van der Waals surface area contributed by atoms with E-state index in [0.29, 0.717) is 18.1 Å². The minimum absolute atomic E-state index is 0.371. The molecule has 1 aliphatic carbocycles. The molecule has 2 aliphatic heterocycles. The van der Waals surface area contributed by atoms with Crippen molar-refractivity contribution in [3.63, 3.8) is 0 Å². The number of hydrogen-bond donors (Lipinski definition) is 1. The number of hydrogen-bond acceptors (Lipinski definition) is 4. The van der Waals surface area contributed by atoms with Crippen LogP contribution in [-0.4, -0.2) is 28.2 Å². The summed E-state index contributed by atoms with van der Waals surface area (Å²) in [7, 11) is 0. The molecule has 2 bridgehead atoms. The van der Waals surface area contributed by atoms with Crippen LogP contribution in [0, 0.1) is 6.92 Å². The highest BCUT2D eigenvalue weighted by molar-refractivity contribution is 5.16. The molecule has 3 atom stereocenters. The fraction of sp³-hybridized carbons (Fsp3) is 0.733. The minimum Gasteiger partial charge on any atom is -0.374 e. The molecule has 0 spiro atoms. The Labute approximate surface area is 114 Å². The number of fused-ring (bicyclic) bond motifs is 2. The third-order valence-corrected chi connectivity index (χ3v) is 4.51. The van der Waals surface area contributed by atoms with Gasteiger partial charge in [0.15, 0.2) is 0 Å². The van der Waals surface area contributed by atoms with E-state index in [1.165, 1.54) is 25.7 Å². The molecular weight excluding hydrogens is 238 g/mol. The fourth-order valence-corrected chi connectivity index (χ4v) is 3.36. The van der Waals surface area contributed by atoms with Crippen molar-refractivity contribution in [2.24, 2.45) is 0 Å². The van der Waals surface area contributed by atoms with Gasteiger partial charge in [-0.25, -0.2) is 9.97 Å². The Bertz CT molecular complexity index is 486. The molecule has 3 aliphatic rings. The Morgan fingerprint density at radius 1 is 1.26 bits per heavy atom. The molecule has 0 aromatic carbocycles. The minimum atomic E-state index is 0.371. The SMILES string of the molecule is Cc1cc(CNC2CC2)nc(C2CC3CCC2O3)n1. The van der Waals surface area contributed by atoms with Gasteiger partial charge >= 0.3 is 0 Å². The molecule has 3 fully saturated rings.